The molecule has 2 aliphatic heterocycles. The van der Waals surface area contributed by atoms with Crippen LogP contribution in [0.25, 0.3) is 0 Å². The lowest BCUT2D eigenvalue weighted by Crippen LogP contribution is -2.65. The van der Waals surface area contributed by atoms with E-state index in [-0.39, 0.29) is 18.2 Å². The third kappa shape index (κ3) is 3.56. The molecule has 0 radical (unpaired) electrons. The smallest absolute Gasteiger partial charge is 0.277 e. The first-order valence-corrected chi connectivity index (χ1v) is 7.65. The van der Waals surface area contributed by atoms with Crippen molar-refractivity contribution >= 4 is 17.3 Å². The lowest BCUT2D eigenvalue weighted by atomic mass is 10.1. The Morgan fingerprint density at radius 2 is 2.04 bits per heavy atom. The highest BCUT2D eigenvalue weighted by molar-refractivity contribution is 5.83. The quantitative estimate of drug-likeness (QED) is 0.635. The monoisotopic (exact) mass is 353 g/mol. The van der Waals surface area contributed by atoms with E-state index < -0.39 is 29.3 Å². The van der Waals surface area contributed by atoms with Crippen LogP contribution in [0.3, 0.4) is 0 Å². The van der Waals surface area contributed by atoms with Crippen LogP contribution < -0.4 is 5.43 Å². The maximum Gasteiger partial charge on any atom is 0.277 e. The Morgan fingerprint density at radius 1 is 1.36 bits per heavy atom. The van der Waals surface area contributed by atoms with Gasteiger partial charge in [0.15, 0.2) is 11.9 Å². The summed E-state index contributed by atoms with van der Waals surface area (Å²) in [5.41, 5.74) is 3.26. The molecule has 1 aromatic rings. The summed E-state index contributed by atoms with van der Waals surface area (Å²) in [5.74, 6) is -1.28. The minimum atomic E-state index is -0.989. The van der Waals surface area contributed by atoms with E-state index in [1.165, 1.54) is 31.4 Å². The first kappa shape index (κ1) is 17.5. The summed E-state index contributed by atoms with van der Waals surface area (Å²) in [6.07, 6.45) is -2.42. The third-order valence-corrected chi connectivity index (χ3v) is 3.86. The SMILES string of the molecule is CO[C@@H]1O[C@@H]2COC(C)(C)O[C@@H]2C(=O)N1Nc1ccc([N+](=O)[O-])cc1. The molecule has 25 heavy (non-hydrogen) atoms. The molecule has 2 saturated heterocycles. The molecule has 2 heterocycles. The normalized spacial score (nSPS) is 28.4. The van der Waals surface area contributed by atoms with Gasteiger partial charge in [-0.05, 0) is 26.0 Å². The maximum absolute atomic E-state index is 12.8. The first-order valence-electron chi connectivity index (χ1n) is 7.65. The Labute approximate surface area is 143 Å². The molecule has 0 aliphatic carbocycles. The van der Waals surface area contributed by atoms with Crippen LogP contribution in [0.15, 0.2) is 24.3 Å². The number of fused-ring (bicyclic) bond motifs is 1. The number of amides is 1. The summed E-state index contributed by atoms with van der Waals surface area (Å²) in [4.78, 5) is 23.0. The van der Waals surface area contributed by atoms with E-state index in [4.69, 9.17) is 18.9 Å². The number of nitro benzene ring substituents is 1. The fourth-order valence-corrected chi connectivity index (χ4v) is 2.62. The zero-order valence-electron chi connectivity index (χ0n) is 14.0. The van der Waals surface area contributed by atoms with Crippen molar-refractivity contribution in [3.63, 3.8) is 0 Å². The predicted molar refractivity (Wildman–Crippen MR) is 84.1 cm³/mol. The number of ether oxygens (including phenoxy) is 4. The number of anilines is 1. The molecule has 0 saturated carbocycles. The Balaban J connectivity index is 1.78. The van der Waals surface area contributed by atoms with Crippen molar-refractivity contribution in [2.24, 2.45) is 0 Å². The van der Waals surface area contributed by atoms with E-state index in [0.717, 1.165) is 5.01 Å². The molecular weight excluding hydrogens is 334 g/mol. The van der Waals surface area contributed by atoms with Crippen molar-refractivity contribution in [1.82, 2.24) is 5.01 Å². The summed E-state index contributed by atoms with van der Waals surface area (Å²) in [6, 6.07) is 5.63. The van der Waals surface area contributed by atoms with Gasteiger partial charge in [0.2, 0.25) is 0 Å². The third-order valence-electron chi connectivity index (χ3n) is 3.86. The van der Waals surface area contributed by atoms with Crippen LogP contribution in [0, 0.1) is 10.1 Å². The summed E-state index contributed by atoms with van der Waals surface area (Å²) in [5, 5.41) is 11.9. The van der Waals surface area contributed by atoms with E-state index in [1.54, 1.807) is 13.8 Å². The average molecular weight is 353 g/mol. The van der Waals surface area contributed by atoms with Gasteiger partial charge < -0.3 is 18.9 Å². The molecule has 0 unspecified atom stereocenters. The molecule has 0 aromatic heterocycles. The lowest BCUT2D eigenvalue weighted by Gasteiger charge is -2.47. The number of hydrogen-bond donors (Lipinski definition) is 1. The number of carbonyl (C=O) groups excluding carboxylic acids is 1. The number of benzene rings is 1. The van der Waals surface area contributed by atoms with Gasteiger partial charge in [0, 0.05) is 19.2 Å². The van der Waals surface area contributed by atoms with E-state index in [9.17, 15) is 14.9 Å². The van der Waals surface area contributed by atoms with E-state index >= 15 is 0 Å². The van der Waals surface area contributed by atoms with Crippen molar-refractivity contribution in [2.75, 3.05) is 19.1 Å². The molecule has 1 aromatic carbocycles. The van der Waals surface area contributed by atoms with Crippen LogP contribution in [0.2, 0.25) is 0 Å². The maximum atomic E-state index is 12.8. The highest BCUT2D eigenvalue weighted by Gasteiger charge is 2.50. The molecule has 10 heteroatoms. The molecule has 2 aliphatic rings. The van der Waals surface area contributed by atoms with Gasteiger partial charge in [-0.2, -0.15) is 5.01 Å². The van der Waals surface area contributed by atoms with Crippen LogP contribution in [0.1, 0.15) is 13.8 Å². The van der Waals surface area contributed by atoms with E-state index in [1.807, 2.05) is 0 Å². The predicted octanol–water partition coefficient (Wildman–Crippen LogP) is 1.23. The number of non-ortho nitro benzene ring substituents is 1. The lowest BCUT2D eigenvalue weighted by molar-refractivity contribution is -0.384. The zero-order chi connectivity index (χ0) is 18.2. The Morgan fingerprint density at radius 3 is 2.64 bits per heavy atom. The zero-order valence-corrected chi connectivity index (χ0v) is 14.0. The minimum absolute atomic E-state index is 0.0513. The summed E-state index contributed by atoms with van der Waals surface area (Å²) in [7, 11) is 1.40. The molecule has 10 nitrogen and oxygen atoms in total. The molecule has 3 rings (SSSR count). The molecule has 1 amide bonds. The van der Waals surface area contributed by atoms with Gasteiger partial charge in [-0.25, -0.2) is 0 Å². The number of methoxy groups -OCH3 is 1. The fraction of sp³-hybridized carbons (Fsp3) is 0.533. The molecule has 0 spiro atoms. The Bertz CT molecular complexity index is 664. The van der Waals surface area contributed by atoms with Crippen molar-refractivity contribution in [1.29, 1.82) is 0 Å². The second-order valence-corrected chi connectivity index (χ2v) is 6.09. The van der Waals surface area contributed by atoms with Crippen LogP contribution in [-0.4, -0.2) is 54.0 Å². The molecular formula is C15H19N3O7. The topological polar surface area (TPSA) is 112 Å². The first-order chi connectivity index (χ1) is 11.8. The van der Waals surface area contributed by atoms with Gasteiger partial charge in [-0.1, -0.05) is 0 Å². The average Bonchev–Trinajstić information content (AvgIpc) is 2.57. The second kappa shape index (κ2) is 6.56. The minimum Gasteiger partial charge on any atom is -0.348 e. The molecule has 0 bridgehead atoms. The van der Waals surface area contributed by atoms with Gasteiger partial charge in [-0.3, -0.25) is 20.3 Å². The van der Waals surface area contributed by atoms with Gasteiger partial charge >= 0.3 is 0 Å². The molecule has 1 N–H and O–H groups in total. The summed E-state index contributed by atoms with van der Waals surface area (Å²) >= 11 is 0. The van der Waals surface area contributed by atoms with Crippen molar-refractivity contribution in [3.05, 3.63) is 34.4 Å². The molecule has 136 valence electrons. The van der Waals surface area contributed by atoms with Gasteiger partial charge in [0.25, 0.3) is 18.0 Å². The number of hydrogen-bond acceptors (Lipinski definition) is 8. The van der Waals surface area contributed by atoms with Crippen molar-refractivity contribution in [2.45, 2.75) is 38.3 Å². The molecule has 2 fully saturated rings. The number of rotatable bonds is 4. The van der Waals surface area contributed by atoms with Gasteiger partial charge in [0.05, 0.1) is 17.2 Å². The van der Waals surface area contributed by atoms with Crippen molar-refractivity contribution in [3.8, 4) is 0 Å². The summed E-state index contributed by atoms with van der Waals surface area (Å²) in [6.45, 7) is 3.63. The van der Waals surface area contributed by atoms with E-state index in [2.05, 4.69) is 5.43 Å². The summed E-state index contributed by atoms with van der Waals surface area (Å²) < 4.78 is 22.1. The Kier molecular flexibility index (Phi) is 4.60. The van der Waals surface area contributed by atoms with Gasteiger partial charge in [0.1, 0.15) is 6.10 Å². The van der Waals surface area contributed by atoms with Crippen LogP contribution in [0.4, 0.5) is 11.4 Å². The van der Waals surface area contributed by atoms with Crippen molar-refractivity contribution < 1.29 is 28.7 Å². The second-order valence-electron chi connectivity index (χ2n) is 6.09. The Hall–Kier alpha value is -2.27. The largest absolute Gasteiger partial charge is 0.348 e. The standard InChI is InChI=1S/C15H19N3O7/c1-15(2)23-8-11-12(25-15)13(19)17(14(22-3)24-11)16-9-4-6-10(7-5-9)18(20)21/h4-7,11-12,14,16H,8H2,1-3H3/t11-,12+,14-/m1/s1. The van der Waals surface area contributed by atoms with Crippen LogP contribution in [0.5, 0.6) is 0 Å². The number of nitro groups is 1. The molecule has 3 atom stereocenters. The fourth-order valence-electron chi connectivity index (χ4n) is 2.62. The van der Waals surface area contributed by atoms with Crippen LogP contribution >= 0.6 is 0 Å². The number of hydrazine groups is 1. The highest BCUT2D eigenvalue weighted by Crippen LogP contribution is 2.31. The van der Waals surface area contributed by atoms with Crippen LogP contribution in [-0.2, 0) is 23.7 Å². The number of nitrogens with zero attached hydrogens (tertiary/aromatic N) is 2. The highest BCUT2D eigenvalue weighted by atomic mass is 16.8. The van der Waals surface area contributed by atoms with E-state index in [0.29, 0.717) is 5.69 Å². The number of carbonyl (C=O) groups is 1. The van der Waals surface area contributed by atoms with Gasteiger partial charge in [-0.15, -0.1) is 0 Å². The number of nitrogens with one attached hydrogen (secondary N) is 1.